The Kier molecular flexibility index (Phi) is 31.2. The monoisotopic (exact) mass is 1350 g/mol. The Morgan fingerprint density at radius 3 is 1.05 bits per heavy atom. The first-order valence-electron chi connectivity index (χ1n) is 39.6. The lowest BCUT2D eigenvalue weighted by Crippen LogP contribution is -2.25. The molecule has 9 aromatic carbocycles. The van der Waals surface area contributed by atoms with Gasteiger partial charge in [-0.25, -0.2) is 0 Å². The van der Waals surface area contributed by atoms with Crippen molar-refractivity contribution in [1.82, 2.24) is 0 Å². The fraction of sp³-hybridized carbons (Fsp3) is 0.380. The first kappa shape index (κ1) is 77.7. The molecule has 0 radical (unpaired) electrons. The van der Waals surface area contributed by atoms with E-state index in [2.05, 4.69) is 319 Å². The third-order valence-electron chi connectivity index (χ3n) is 21.0. The highest BCUT2D eigenvalue weighted by Gasteiger charge is 2.42. The minimum Gasteiger partial charge on any atom is -0.494 e. The van der Waals surface area contributed by atoms with E-state index in [1.807, 2.05) is 0 Å². The van der Waals surface area contributed by atoms with Gasteiger partial charge in [0.25, 0.3) is 0 Å². The molecular weight excluding hydrogens is 1230 g/mol. The van der Waals surface area contributed by atoms with E-state index in [9.17, 15) is 0 Å². The standard InChI is InChI=1S/C69H76O2.C31H46/c1-8-10-52(4)45-47-70-66-41-37-64(38-42-66)68-50-61(32-35-62(68)33-29-57-19-15-55(7)16-20-57)28-26-58-21-23-59(24-22-58)30-34-63-36-31-60(27-25-56-17-13-54(6)14-18-56)49-69(63)65-39-43-67(44-40-65)71-48-46-53(5)12-9-11-51(2)3;1-5-7-9-11-13-15-21-31(22-16-14-12-10-8-6-2)29-23-25(3)17-19-27(29)28-20-18-26(4)24-30(28)31/h13-44,49-53H,8-12,45-48H2,1-7H3;17-20,23-24H,5-16,21-22H2,1-4H3. The van der Waals surface area contributed by atoms with Crippen LogP contribution in [0.3, 0.4) is 0 Å². The van der Waals surface area contributed by atoms with Crippen LogP contribution in [0, 0.1) is 45.4 Å². The topological polar surface area (TPSA) is 18.5 Å². The summed E-state index contributed by atoms with van der Waals surface area (Å²) in [6.07, 6.45) is 45.4. The van der Waals surface area contributed by atoms with Crippen molar-refractivity contribution < 1.29 is 9.47 Å². The lowest BCUT2D eigenvalue weighted by molar-refractivity contribution is 0.276. The van der Waals surface area contributed by atoms with Gasteiger partial charge in [0.2, 0.25) is 0 Å². The maximum Gasteiger partial charge on any atom is 0.119 e. The molecule has 9 aromatic rings. The predicted molar refractivity (Wildman–Crippen MR) is 449 cm³/mol. The third kappa shape index (κ3) is 24.1. The zero-order chi connectivity index (χ0) is 71.9. The molecule has 0 spiro atoms. The maximum absolute atomic E-state index is 6.24. The van der Waals surface area contributed by atoms with Crippen LogP contribution in [-0.2, 0) is 5.41 Å². The van der Waals surface area contributed by atoms with E-state index in [0.29, 0.717) is 11.8 Å². The second-order valence-corrected chi connectivity index (χ2v) is 30.4. The molecular formula is C100H122O2. The fourth-order valence-electron chi connectivity index (χ4n) is 14.7. The van der Waals surface area contributed by atoms with Crippen LogP contribution in [0.4, 0.5) is 0 Å². The largest absolute Gasteiger partial charge is 0.494 e. The van der Waals surface area contributed by atoms with E-state index in [0.717, 1.165) is 82.4 Å². The minimum atomic E-state index is 0.234. The van der Waals surface area contributed by atoms with E-state index < -0.39 is 0 Å². The lowest BCUT2D eigenvalue weighted by Gasteiger charge is -2.33. The second-order valence-electron chi connectivity index (χ2n) is 30.4. The normalized spacial score (nSPS) is 13.1. The van der Waals surface area contributed by atoms with Crippen LogP contribution < -0.4 is 9.47 Å². The summed E-state index contributed by atoms with van der Waals surface area (Å²) in [6.45, 7) is 26.4. The van der Waals surface area contributed by atoms with Gasteiger partial charge in [0.15, 0.2) is 0 Å². The molecule has 2 atom stereocenters. The fourth-order valence-corrected chi connectivity index (χ4v) is 14.7. The Labute approximate surface area is 618 Å². The Hall–Kier alpha value is -8.46. The predicted octanol–water partition coefficient (Wildman–Crippen LogP) is 29.8. The van der Waals surface area contributed by atoms with Crippen molar-refractivity contribution in [1.29, 1.82) is 0 Å². The summed E-state index contributed by atoms with van der Waals surface area (Å²) < 4.78 is 12.4. The van der Waals surface area contributed by atoms with Gasteiger partial charge in [-0.2, -0.15) is 0 Å². The van der Waals surface area contributed by atoms with Gasteiger partial charge >= 0.3 is 0 Å². The van der Waals surface area contributed by atoms with E-state index in [1.165, 1.54) is 183 Å². The first-order chi connectivity index (χ1) is 49.7. The molecule has 0 N–H and O–H groups in total. The summed E-state index contributed by atoms with van der Waals surface area (Å²) in [5, 5.41) is 0. The summed E-state index contributed by atoms with van der Waals surface area (Å²) in [6, 6.07) is 71.3. The summed E-state index contributed by atoms with van der Waals surface area (Å²) in [7, 11) is 0. The lowest BCUT2D eigenvalue weighted by atomic mass is 9.70. The highest BCUT2D eigenvalue weighted by atomic mass is 16.5. The van der Waals surface area contributed by atoms with Gasteiger partial charge in [-0.3, -0.25) is 0 Å². The highest BCUT2D eigenvalue weighted by Crippen LogP contribution is 2.55. The van der Waals surface area contributed by atoms with E-state index in [-0.39, 0.29) is 5.41 Å². The Bertz CT molecular complexity index is 4010. The summed E-state index contributed by atoms with van der Waals surface area (Å²) in [5.41, 5.74) is 25.9. The molecule has 2 unspecified atom stereocenters. The Morgan fingerprint density at radius 2 is 0.647 bits per heavy atom. The van der Waals surface area contributed by atoms with Crippen molar-refractivity contribution in [2.75, 3.05) is 13.2 Å². The van der Waals surface area contributed by atoms with Crippen molar-refractivity contribution in [2.45, 2.75) is 216 Å². The van der Waals surface area contributed by atoms with Gasteiger partial charge in [0.05, 0.1) is 13.2 Å². The van der Waals surface area contributed by atoms with Crippen LogP contribution in [0.1, 0.15) is 261 Å². The highest BCUT2D eigenvalue weighted by molar-refractivity contribution is 5.86. The van der Waals surface area contributed by atoms with E-state index in [4.69, 9.17) is 9.47 Å². The Morgan fingerprint density at radius 1 is 0.294 bits per heavy atom. The van der Waals surface area contributed by atoms with Crippen LogP contribution in [0.25, 0.3) is 82.0 Å². The molecule has 0 fully saturated rings. The molecule has 0 heterocycles. The van der Waals surface area contributed by atoms with Gasteiger partial charge in [-0.15, -0.1) is 0 Å². The summed E-state index contributed by atoms with van der Waals surface area (Å²) in [5.74, 6) is 3.96. The van der Waals surface area contributed by atoms with Crippen molar-refractivity contribution in [2.24, 2.45) is 17.8 Å². The molecule has 102 heavy (non-hydrogen) atoms. The van der Waals surface area contributed by atoms with Gasteiger partial charge in [-0.1, -0.05) is 386 Å². The van der Waals surface area contributed by atoms with Crippen LogP contribution in [-0.4, -0.2) is 13.2 Å². The number of rotatable bonds is 38. The molecule has 0 saturated carbocycles. The van der Waals surface area contributed by atoms with Crippen molar-refractivity contribution in [3.63, 3.8) is 0 Å². The SMILES string of the molecule is CCCC(C)CCOc1ccc(-c2cc(C=Cc3ccc(C=Cc4ccc(C=Cc5ccc(C)cc5)cc4-c4ccc(OCCC(C)CCCC(C)C)cc4)cc3)ccc2C=Cc2ccc(C)cc2)cc1.CCCCCCCCC1(CCCCCCCC)c2cc(C)ccc2-c2ccc(C)cc21. The molecule has 0 aliphatic heterocycles. The van der Waals surface area contributed by atoms with Gasteiger partial charge in [0.1, 0.15) is 11.5 Å². The number of fused-ring (bicyclic) bond motifs is 3. The van der Waals surface area contributed by atoms with Crippen molar-refractivity contribution in [3.8, 4) is 44.9 Å². The second kappa shape index (κ2) is 41.0. The molecule has 0 amide bonds. The number of unbranched alkanes of at least 4 members (excludes halogenated alkanes) is 10. The van der Waals surface area contributed by atoms with Crippen molar-refractivity contribution in [3.05, 3.63) is 272 Å². The van der Waals surface area contributed by atoms with Crippen LogP contribution in [0.5, 0.6) is 11.5 Å². The number of hydrogen-bond acceptors (Lipinski definition) is 2. The number of hydrogen-bond donors (Lipinski definition) is 0. The van der Waals surface area contributed by atoms with Crippen LogP contribution in [0.15, 0.2) is 194 Å². The van der Waals surface area contributed by atoms with Crippen molar-refractivity contribution >= 4 is 48.6 Å². The molecule has 0 saturated heterocycles. The number of ether oxygens (including phenoxy) is 2. The van der Waals surface area contributed by atoms with E-state index in [1.54, 1.807) is 11.1 Å². The molecule has 1 aliphatic carbocycles. The van der Waals surface area contributed by atoms with Gasteiger partial charge in [-0.05, 0) is 197 Å². The van der Waals surface area contributed by atoms with E-state index >= 15 is 0 Å². The average Bonchev–Trinajstić information content (AvgIpc) is 1.57. The Balaban J connectivity index is 0.000000324. The molecule has 0 bridgehead atoms. The van der Waals surface area contributed by atoms with Gasteiger partial charge in [0, 0.05) is 5.41 Å². The summed E-state index contributed by atoms with van der Waals surface area (Å²) >= 11 is 0. The quantitative estimate of drug-likeness (QED) is 0.0284. The molecule has 2 nitrogen and oxygen atoms in total. The number of benzene rings is 9. The number of aryl methyl sites for hydroxylation is 4. The molecule has 534 valence electrons. The molecule has 10 rings (SSSR count). The molecule has 2 heteroatoms. The smallest absolute Gasteiger partial charge is 0.119 e. The minimum absolute atomic E-state index is 0.234. The van der Waals surface area contributed by atoms with Gasteiger partial charge < -0.3 is 9.47 Å². The first-order valence-corrected chi connectivity index (χ1v) is 39.6. The zero-order valence-electron chi connectivity index (χ0n) is 64.4. The zero-order valence-corrected chi connectivity index (χ0v) is 64.4. The summed E-state index contributed by atoms with van der Waals surface area (Å²) in [4.78, 5) is 0. The van der Waals surface area contributed by atoms with Crippen LogP contribution >= 0.6 is 0 Å². The molecule has 1 aliphatic rings. The van der Waals surface area contributed by atoms with Crippen LogP contribution in [0.2, 0.25) is 0 Å². The average molecular weight is 1360 g/mol. The third-order valence-corrected chi connectivity index (χ3v) is 21.0. The molecule has 0 aromatic heterocycles. The maximum atomic E-state index is 6.24.